The molecule has 8 heteroatoms. The lowest BCUT2D eigenvalue weighted by Crippen LogP contribution is -2.12. The van der Waals surface area contributed by atoms with Crippen molar-refractivity contribution in [2.75, 3.05) is 5.32 Å². The molecule has 1 aromatic heterocycles. The Morgan fingerprint density at radius 2 is 2.26 bits per heavy atom. The van der Waals surface area contributed by atoms with Crippen molar-refractivity contribution >= 4 is 39.7 Å². The molecule has 0 bridgehead atoms. The Hall–Kier alpha value is -1.99. The molecule has 1 aromatic carbocycles. The molecule has 2 rings (SSSR count). The van der Waals surface area contributed by atoms with Crippen LogP contribution in [0, 0.1) is 17.0 Å². The number of rotatable bonds is 3. The van der Waals surface area contributed by atoms with Gasteiger partial charge in [-0.2, -0.15) is 0 Å². The Kier molecular flexibility index (Phi) is 3.77. The molecule has 0 fully saturated rings. The summed E-state index contributed by atoms with van der Waals surface area (Å²) in [6, 6.07) is 3.69. The van der Waals surface area contributed by atoms with Gasteiger partial charge in [-0.05, 0) is 13.0 Å². The van der Waals surface area contributed by atoms with E-state index in [4.69, 9.17) is 11.6 Å². The van der Waals surface area contributed by atoms with Crippen LogP contribution in [-0.2, 0) is 0 Å². The summed E-state index contributed by atoms with van der Waals surface area (Å²) in [6.45, 7) is 1.81. The van der Waals surface area contributed by atoms with Crippen molar-refractivity contribution in [2.45, 2.75) is 6.92 Å². The maximum absolute atomic E-state index is 11.9. The first-order chi connectivity index (χ1) is 8.97. The highest BCUT2D eigenvalue weighted by Crippen LogP contribution is 2.24. The van der Waals surface area contributed by atoms with E-state index in [0.717, 1.165) is 11.8 Å². The molecule has 0 aliphatic carbocycles. The van der Waals surface area contributed by atoms with Crippen LogP contribution in [0.25, 0.3) is 0 Å². The minimum atomic E-state index is -0.572. The number of carbonyl (C=O) groups is 1. The fourth-order valence-electron chi connectivity index (χ4n) is 1.38. The maximum atomic E-state index is 11.9. The standard InChI is InChI=1S/C11H8ClN3O3S/c1-6-5-19-11(13-6)14-10(16)8-3-2-7(15(17)18)4-9(8)12/h2-5H,1H3,(H,13,14,16). The van der Waals surface area contributed by atoms with Crippen LogP contribution in [0.15, 0.2) is 23.6 Å². The van der Waals surface area contributed by atoms with Gasteiger partial charge in [0.1, 0.15) is 0 Å². The van der Waals surface area contributed by atoms with E-state index in [9.17, 15) is 14.9 Å². The molecular formula is C11H8ClN3O3S. The minimum absolute atomic E-state index is 0.0278. The molecular weight excluding hydrogens is 290 g/mol. The van der Waals surface area contributed by atoms with Crippen LogP contribution in [0.1, 0.15) is 16.1 Å². The molecule has 1 N–H and O–H groups in total. The van der Waals surface area contributed by atoms with E-state index in [1.165, 1.54) is 23.5 Å². The third-order valence-corrected chi connectivity index (χ3v) is 3.44. The number of thiazole rings is 1. The van der Waals surface area contributed by atoms with Crippen molar-refractivity contribution in [3.8, 4) is 0 Å². The molecule has 0 saturated heterocycles. The van der Waals surface area contributed by atoms with Crippen molar-refractivity contribution in [2.24, 2.45) is 0 Å². The average molecular weight is 298 g/mol. The zero-order valence-corrected chi connectivity index (χ0v) is 11.3. The summed E-state index contributed by atoms with van der Waals surface area (Å²) in [4.78, 5) is 26.0. The topological polar surface area (TPSA) is 85.1 Å². The molecule has 0 atom stereocenters. The first kappa shape index (κ1) is 13.4. The Bertz CT molecular complexity index is 656. The summed E-state index contributed by atoms with van der Waals surface area (Å²) >= 11 is 7.15. The van der Waals surface area contributed by atoms with E-state index >= 15 is 0 Å². The number of halogens is 1. The van der Waals surface area contributed by atoms with Gasteiger partial charge < -0.3 is 0 Å². The lowest BCUT2D eigenvalue weighted by molar-refractivity contribution is -0.384. The van der Waals surface area contributed by atoms with Gasteiger partial charge in [-0.25, -0.2) is 4.98 Å². The van der Waals surface area contributed by atoms with Gasteiger partial charge in [-0.1, -0.05) is 11.6 Å². The number of anilines is 1. The third-order valence-electron chi connectivity index (χ3n) is 2.25. The summed E-state index contributed by atoms with van der Waals surface area (Å²) in [5.41, 5.74) is 0.807. The average Bonchev–Trinajstić information content (AvgIpc) is 2.74. The largest absolute Gasteiger partial charge is 0.298 e. The summed E-state index contributed by atoms with van der Waals surface area (Å²) in [5.74, 6) is -0.450. The quantitative estimate of drug-likeness (QED) is 0.696. The maximum Gasteiger partial charge on any atom is 0.270 e. The van der Waals surface area contributed by atoms with E-state index in [1.54, 1.807) is 5.38 Å². The molecule has 0 spiro atoms. The minimum Gasteiger partial charge on any atom is -0.298 e. The molecule has 2 aromatic rings. The predicted molar refractivity (Wildman–Crippen MR) is 72.9 cm³/mol. The molecule has 98 valence electrons. The van der Waals surface area contributed by atoms with Gasteiger partial charge in [0.2, 0.25) is 0 Å². The van der Waals surface area contributed by atoms with Crippen molar-refractivity contribution in [3.63, 3.8) is 0 Å². The van der Waals surface area contributed by atoms with Crippen LogP contribution in [0.5, 0.6) is 0 Å². The lowest BCUT2D eigenvalue weighted by atomic mass is 10.2. The second kappa shape index (κ2) is 5.33. The predicted octanol–water partition coefficient (Wildman–Crippen LogP) is 3.27. The van der Waals surface area contributed by atoms with Crippen LogP contribution in [0.3, 0.4) is 0 Å². The first-order valence-corrected chi connectivity index (χ1v) is 6.40. The number of aryl methyl sites for hydroxylation is 1. The number of nitro groups is 1. The Balaban J connectivity index is 2.22. The van der Waals surface area contributed by atoms with Gasteiger partial charge in [0.15, 0.2) is 5.13 Å². The normalized spacial score (nSPS) is 10.2. The van der Waals surface area contributed by atoms with Gasteiger partial charge in [-0.15, -0.1) is 11.3 Å². The van der Waals surface area contributed by atoms with Gasteiger partial charge >= 0.3 is 0 Å². The zero-order valence-electron chi connectivity index (χ0n) is 9.71. The molecule has 0 aliphatic rings. The number of hydrogen-bond donors (Lipinski definition) is 1. The van der Waals surface area contributed by atoms with Crippen molar-refractivity contribution in [3.05, 3.63) is 50.0 Å². The van der Waals surface area contributed by atoms with Crippen LogP contribution in [-0.4, -0.2) is 15.8 Å². The first-order valence-electron chi connectivity index (χ1n) is 5.15. The fraction of sp³-hybridized carbons (Fsp3) is 0.0909. The Morgan fingerprint density at radius 3 is 2.79 bits per heavy atom. The summed E-state index contributed by atoms with van der Waals surface area (Å²) in [5, 5.41) is 15.4. The number of amides is 1. The van der Waals surface area contributed by atoms with Gasteiger partial charge in [0.25, 0.3) is 11.6 Å². The number of benzene rings is 1. The monoisotopic (exact) mass is 297 g/mol. The van der Waals surface area contributed by atoms with E-state index in [1.807, 2.05) is 6.92 Å². The van der Waals surface area contributed by atoms with E-state index < -0.39 is 10.8 Å². The van der Waals surface area contributed by atoms with E-state index in [-0.39, 0.29) is 16.3 Å². The van der Waals surface area contributed by atoms with Gasteiger partial charge in [-0.3, -0.25) is 20.2 Å². The number of hydrogen-bond acceptors (Lipinski definition) is 5. The number of carbonyl (C=O) groups excluding carboxylic acids is 1. The third kappa shape index (κ3) is 3.07. The molecule has 1 heterocycles. The number of nitro benzene ring substituents is 1. The fourth-order valence-corrected chi connectivity index (χ4v) is 2.32. The summed E-state index contributed by atoms with van der Waals surface area (Å²) < 4.78 is 0. The van der Waals surface area contributed by atoms with Crippen LogP contribution in [0.4, 0.5) is 10.8 Å². The molecule has 0 unspecified atom stereocenters. The van der Waals surface area contributed by atoms with E-state index in [0.29, 0.717) is 5.13 Å². The van der Waals surface area contributed by atoms with Crippen LogP contribution in [0.2, 0.25) is 5.02 Å². The highest BCUT2D eigenvalue weighted by Gasteiger charge is 2.15. The molecule has 0 aliphatic heterocycles. The van der Waals surface area contributed by atoms with Crippen LogP contribution < -0.4 is 5.32 Å². The SMILES string of the molecule is Cc1csc(NC(=O)c2ccc([N+](=O)[O-])cc2Cl)n1. The number of aromatic nitrogens is 1. The second-order valence-electron chi connectivity index (χ2n) is 3.67. The molecule has 19 heavy (non-hydrogen) atoms. The van der Waals surface area contributed by atoms with Crippen molar-refractivity contribution in [1.29, 1.82) is 0 Å². The number of nitrogens with one attached hydrogen (secondary N) is 1. The van der Waals surface area contributed by atoms with Crippen molar-refractivity contribution < 1.29 is 9.72 Å². The zero-order chi connectivity index (χ0) is 14.0. The summed E-state index contributed by atoms with van der Waals surface area (Å²) in [7, 11) is 0. The molecule has 0 saturated carbocycles. The number of non-ortho nitro benzene ring substituents is 1. The number of nitrogens with zero attached hydrogens (tertiary/aromatic N) is 2. The molecule has 6 nitrogen and oxygen atoms in total. The smallest absolute Gasteiger partial charge is 0.270 e. The molecule has 1 amide bonds. The van der Waals surface area contributed by atoms with Crippen molar-refractivity contribution in [1.82, 2.24) is 4.98 Å². The summed E-state index contributed by atoms with van der Waals surface area (Å²) in [6.07, 6.45) is 0. The Labute approximate surface area is 117 Å². The highest BCUT2D eigenvalue weighted by molar-refractivity contribution is 7.13. The Morgan fingerprint density at radius 1 is 1.53 bits per heavy atom. The molecule has 0 radical (unpaired) electrons. The highest BCUT2D eigenvalue weighted by atomic mass is 35.5. The van der Waals surface area contributed by atoms with Gasteiger partial charge in [0.05, 0.1) is 21.2 Å². The second-order valence-corrected chi connectivity index (χ2v) is 4.93. The lowest BCUT2D eigenvalue weighted by Gasteiger charge is -2.03. The van der Waals surface area contributed by atoms with E-state index in [2.05, 4.69) is 10.3 Å². The van der Waals surface area contributed by atoms with Gasteiger partial charge in [0, 0.05) is 17.5 Å². The van der Waals surface area contributed by atoms with Crippen LogP contribution >= 0.6 is 22.9 Å².